The Kier molecular flexibility index (Phi) is 6.53. The predicted octanol–water partition coefficient (Wildman–Crippen LogP) is 13.6. The van der Waals surface area contributed by atoms with Crippen molar-refractivity contribution in [1.29, 1.82) is 0 Å². The number of hydrogen-bond donors (Lipinski definition) is 0. The quantitative estimate of drug-likeness (QED) is 0.174. The Morgan fingerprint density at radius 2 is 0.887 bits per heavy atom. The number of benzene rings is 8. The molecule has 11 rings (SSSR count). The molecule has 2 unspecified atom stereocenters. The Hall–Kier alpha value is -6.24. The second kappa shape index (κ2) is 11.4. The van der Waals surface area contributed by atoms with Gasteiger partial charge in [-0.3, -0.25) is 0 Å². The van der Waals surface area contributed by atoms with Crippen LogP contribution in [-0.2, 0) is 5.41 Å². The molecule has 0 bridgehead atoms. The van der Waals surface area contributed by atoms with Gasteiger partial charge in [0.1, 0.15) is 0 Å². The van der Waals surface area contributed by atoms with Crippen molar-refractivity contribution in [2.24, 2.45) is 0 Å². The summed E-state index contributed by atoms with van der Waals surface area (Å²) in [7, 11) is 0. The van der Waals surface area contributed by atoms with Crippen molar-refractivity contribution in [1.82, 2.24) is 0 Å². The van der Waals surface area contributed by atoms with E-state index in [-0.39, 0.29) is 17.3 Å². The van der Waals surface area contributed by atoms with Crippen LogP contribution < -0.4 is 0 Å². The van der Waals surface area contributed by atoms with Gasteiger partial charge in [-0.05, 0) is 112 Å². The third kappa shape index (κ3) is 4.42. The molecule has 0 N–H and O–H groups in total. The van der Waals surface area contributed by atoms with Crippen LogP contribution in [-0.4, -0.2) is 0 Å². The van der Waals surface area contributed by atoms with Crippen LogP contribution in [0.1, 0.15) is 70.2 Å². The topological polar surface area (TPSA) is 0 Å². The average Bonchev–Trinajstić information content (AvgIpc) is 3.81. The Morgan fingerprint density at radius 1 is 0.340 bits per heavy atom. The maximum absolute atomic E-state index is 2.47. The van der Waals surface area contributed by atoms with Crippen molar-refractivity contribution >= 4 is 0 Å². The molecule has 3 aliphatic rings. The van der Waals surface area contributed by atoms with E-state index >= 15 is 0 Å². The van der Waals surface area contributed by atoms with E-state index in [4.69, 9.17) is 0 Å². The fourth-order valence-corrected chi connectivity index (χ4v) is 10.1. The Labute approximate surface area is 312 Å². The third-order valence-electron chi connectivity index (χ3n) is 12.4. The van der Waals surface area contributed by atoms with Crippen LogP contribution in [0, 0.1) is 0 Å². The molecule has 0 fully saturated rings. The first-order valence-electron chi connectivity index (χ1n) is 18.9. The van der Waals surface area contributed by atoms with Gasteiger partial charge in [0.25, 0.3) is 0 Å². The van der Waals surface area contributed by atoms with Crippen LogP contribution in [0.15, 0.2) is 182 Å². The van der Waals surface area contributed by atoms with E-state index < -0.39 is 0 Å². The first-order chi connectivity index (χ1) is 26.1. The number of fused-ring (bicyclic) bond motifs is 10. The van der Waals surface area contributed by atoms with Crippen molar-refractivity contribution in [2.75, 3.05) is 0 Å². The molecule has 0 aliphatic heterocycles. The molecule has 0 radical (unpaired) electrons. The van der Waals surface area contributed by atoms with Gasteiger partial charge in [0.2, 0.25) is 0 Å². The molecule has 0 aromatic heterocycles. The monoisotopic (exact) mass is 674 g/mol. The largest absolute Gasteiger partial charge is 0.0622 e. The van der Waals surface area contributed by atoms with Gasteiger partial charge in [-0.1, -0.05) is 184 Å². The molecule has 0 nitrogen and oxygen atoms in total. The fourth-order valence-electron chi connectivity index (χ4n) is 10.1. The van der Waals surface area contributed by atoms with Gasteiger partial charge in [-0.15, -0.1) is 0 Å². The van der Waals surface area contributed by atoms with Crippen molar-refractivity contribution in [3.8, 4) is 55.6 Å². The Balaban J connectivity index is 1.05. The molecule has 3 aliphatic carbocycles. The van der Waals surface area contributed by atoms with Gasteiger partial charge in [-0.25, -0.2) is 0 Å². The maximum Gasteiger partial charge on any atom is 0.0355 e. The van der Waals surface area contributed by atoms with Crippen molar-refractivity contribution in [2.45, 2.75) is 31.1 Å². The minimum Gasteiger partial charge on any atom is -0.0622 e. The Morgan fingerprint density at radius 3 is 1.66 bits per heavy atom. The van der Waals surface area contributed by atoms with Gasteiger partial charge in [0.15, 0.2) is 0 Å². The minimum absolute atomic E-state index is 0.0836. The number of rotatable bonds is 4. The van der Waals surface area contributed by atoms with Crippen molar-refractivity contribution < 1.29 is 0 Å². The summed E-state index contributed by atoms with van der Waals surface area (Å²) >= 11 is 0. The summed E-state index contributed by atoms with van der Waals surface area (Å²) < 4.78 is 0. The van der Waals surface area contributed by atoms with Gasteiger partial charge >= 0.3 is 0 Å². The summed E-state index contributed by atoms with van der Waals surface area (Å²) in [5, 5.41) is 0. The summed E-state index contributed by atoms with van der Waals surface area (Å²) in [6, 6.07) is 68.3. The summed E-state index contributed by atoms with van der Waals surface area (Å²) in [6.07, 6.45) is 0. The van der Waals surface area contributed by atoms with Crippen LogP contribution in [0.2, 0.25) is 0 Å². The van der Waals surface area contributed by atoms with Crippen LogP contribution in [0.5, 0.6) is 0 Å². The summed E-state index contributed by atoms with van der Waals surface area (Å²) in [5.74, 6) is 0.394. The van der Waals surface area contributed by atoms with Gasteiger partial charge in [0, 0.05) is 17.3 Å². The second-order valence-corrected chi connectivity index (χ2v) is 15.6. The van der Waals surface area contributed by atoms with Gasteiger partial charge < -0.3 is 0 Å². The minimum atomic E-state index is -0.0836. The van der Waals surface area contributed by atoms with E-state index in [9.17, 15) is 0 Å². The molecule has 0 heterocycles. The average molecular weight is 675 g/mol. The zero-order valence-electron chi connectivity index (χ0n) is 30.0. The summed E-state index contributed by atoms with van der Waals surface area (Å²) in [5.41, 5.74) is 24.4. The third-order valence-corrected chi connectivity index (χ3v) is 12.4. The molecular weight excluding hydrogens is 637 g/mol. The molecule has 8 aromatic carbocycles. The smallest absolute Gasteiger partial charge is 0.0355 e. The fraction of sp³-hybridized carbons (Fsp3) is 0.0943. The molecule has 8 aromatic rings. The highest BCUT2D eigenvalue weighted by atomic mass is 14.5. The normalized spacial score (nSPS) is 16.6. The molecule has 0 spiro atoms. The van der Waals surface area contributed by atoms with E-state index in [2.05, 4.69) is 196 Å². The first-order valence-corrected chi connectivity index (χ1v) is 18.9. The molecule has 53 heavy (non-hydrogen) atoms. The lowest BCUT2D eigenvalue weighted by Crippen LogP contribution is -2.18. The highest BCUT2D eigenvalue weighted by Gasteiger charge is 2.43. The number of hydrogen-bond acceptors (Lipinski definition) is 0. The van der Waals surface area contributed by atoms with Crippen LogP contribution in [0.25, 0.3) is 55.6 Å². The predicted molar refractivity (Wildman–Crippen MR) is 221 cm³/mol. The maximum atomic E-state index is 2.47. The lowest BCUT2D eigenvalue weighted by atomic mass is 9.76. The molecule has 0 saturated heterocycles. The van der Waals surface area contributed by atoms with E-state index in [0.717, 1.165) is 0 Å². The van der Waals surface area contributed by atoms with Crippen molar-refractivity contribution in [3.63, 3.8) is 0 Å². The molecule has 250 valence electrons. The van der Waals surface area contributed by atoms with E-state index in [1.165, 1.54) is 100 Å². The van der Waals surface area contributed by atoms with E-state index in [0.29, 0.717) is 0 Å². The zero-order chi connectivity index (χ0) is 35.3. The van der Waals surface area contributed by atoms with Gasteiger partial charge in [0.05, 0.1) is 0 Å². The first kappa shape index (κ1) is 30.4. The van der Waals surface area contributed by atoms with Crippen LogP contribution in [0.3, 0.4) is 0 Å². The SMILES string of the molecule is CC1(C)c2ccccc2-c2ccc3c(c21)C(c1ccccc1)c1ccc(-c2ccc4c(c2)-c2ccccc2C4c2cccc(-c4ccccc4)c2)cc1-3. The molecule has 0 heteroatoms. The summed E-state index contributed by atoms with van der Waals surface area (Å²) in [6.45, 7) is 4.84. The Bertz CT molecular complexity index is 2750. The van der Waals surface area contributed by atoms with Crippen molar-refractivity contribution in [3.05, 3.63) is 226 Å². The van der Waals surface area contributed by atoms with E-state index in [1.807, 2.05) is 0 Å². The van der Waals surface area contributed by atoms with Crippen LogP contribution in [0.4, 0.5) is 0 Å². The van der Waals surface area contributed by atoms with E-state index in [1.54, 1.807) is 0 Å². The lowest BCUT2D eigenvalue weighted by molar-refractivity contribution is 0.650. The molecular formula is C53H38. The highest BCUT2D eigenvalue weighted by molar-refractivity contribution is 5.93. The van der Waals surface area contributed by atoms with Crippen LogP contribution >= 0.6 is 0 Å². The standard InChI is InChI=1S/C53H38/c1-53(2)48-23-12-11-21-40(48)45-29-28-44-47-32-37(25-27-43(47)50(51(44)52(45)53)34-16-7-4-8-17-34)36-24-26-42-46(31-36)39-20-9-10-22-41(39)49(42)38-19-13-18-35(30-38)33-14-5-3-6-15-33/h3-32,49-50H,1-2H3. The lowest BCUT2D eigenvalue weighted by Gasteiger charge is -2.27. The molecule has 0 amide bonds. The highest BCUT2D eigenvalue weighted by Crippen LogP contribution is 2.59. The second-order valence-electron chi connectivity index (χ2n) is 15.6. The molecule has 2 atom stereocenters. The zero-order valence-corrected chi connectivity index (χ0v) is 30.0. The summed E-state index contributed by atoms with van der Waals surface area (Å²) in [4.78, 5) is 0. The molecule has 0 saturated carbocycles. The van der Waals surface area contributed by atoms with Gasteiger partial charge in [-0.2, -0.15) is 0 Å².